The minimum Gasteiger partial charge on any atom is -0.352 e. The van der Waals surface area contributed by atoms with Gasteiger partial charge in [-0.1, -0.05) is 32.1 Å². The van der Waals surface area contributed by atoms with Gasteiger partial charge in [0.15, 0.2) is 0 Å². The third-order valence-corrected chi connectivity index (χ3v) is 5.03. The first-order valence-electron chi connectivity index (χ1n) is 9.15. The lowest BCUT2D eigenvalue weighted by molar-refractivity contribution is -0.122. The molecule has 1 aromatic rings. The van der Waals surface area contributed by atoms with Crippen molar-refractivity contribution in [2.24, 2.45) is 0 Å². The van der Waals surface area contributed by atoms with Gasteiger partial charge in [0.1, 0.15) is 18.2 Å². The zero-order valence-corrected chi connectivity index (χ0v) is 14.4. The molecule has 1 amide bonds. The molecule has 134 valence electrons. The summed E-state index contributed by atoms with van der Waals surface area (Å²) in [5, 5.41) is 12.1. The summed E-state index contributed by atoms with van der Waals surface area (Å²) >= 11 is 0. The van der Waals surface area contributed by atoms with Crippen molar-refractivity contribution >= 4 is 5.91 Å². The molecular formula is C18H24N4O3. The van der Waals surface area contributed by atoms with E-state index in [9.17, 15) is 14.4 Å². The molecule has 0 radical (unpaired) electrons. The Bertz CT molecular complexity index is 790. The lowest BCUT2D eigenvalue weighted by Gasteiger charge is -2.21. The first-order valence-corrected chi connectivity index (χ1v) is 9.15. The van der Waals surface area contributed by atoms with E-state index in [4.69, 9.17) is 5.26 Å². The fraction of sp³-hybridized carbons (Fsp3) is 0.667. The SMILES string of the molecule is N#Cc1cn(C2CC2)c(=O)n(CC(=O)NC2CCCCCCC2)c1=O. The number of nitrogens with one attached hydrogen (secondary N) is 1. The topological polar surface area (TPSA) is 96.9 Å². The smallest absolute Gasteiger partial charge is 0.331 e. The van der Waals surface area contributed by atoms with Crippen LogP contribution in [0.3, 0.4) is 0 Å². The maximum atomic E-state index is 12.5. The van der Waals surface area contributed by atoms with Gasteiger partial charge in [-0.25, -0.2) is 9.36 Å². The fourth-order valence-electron chi connectivity index (χ4n) is 3.47. The molecule has 7 heteroatoms. The first-order chi connectivity index (χ1) is 12.1. The van der Waals surface area contributed by atoms with E-state index in [0.717, 1.165) is 43.1 Å². The molecular weight excluding hydrogens is 320 g/mol. The van der Waals surface area contributed by atoms with Crippen molar-refractivity contribution < 1.29 is 4.79 Å². The predicted octanol–water partition coefficient (Wildman–Crippen LogP) is 1.45. The van der Waals surface area contributed by atoms with Gasteiger partial charge in [-0.3, -0.25) is 14.2 Å². The van der Waals surface area contributed by atoms with Crippen LogP contribution in [0.25, 0.3) is 0 Å². The van der Waals surface area contributed by atoms with E-state index < -0.39 is 11.2 Å². The molecule has 2 saturated carbocycles. The van der Waals surface area contributed by atoms with Crippen LogP contribution in [-0.2, 0) is 11.3 Å². The van der Waals surface area contributed by atoms with E-state index in [2.05, 4.69) is 5.32 Å². The Kier molecular flexibility index (Phi) is 5.37. The van der Waals surface area contributed by atoms with Gasteiger partial charge in [-0.2, -0.15) is 5.26 Å². The van der Waals surface area contributed by atoms with Crippen LogP contribution in [0, 0.1) is 11.3 Å². The second kappa shape index (κ2) is 7.68. The summed E-state index contributed by atoms with van der Waals surface area (Å²) in [6.07, 6.45) is 10.7. The predicted molar refractivity (Wildman–Crippen MR) is 92.2 cm³/mol. The van der Waals surface area contributed by atoms with Gasteiger partial charge in [-0.15, -0.1) is 0 Å². The molecule has 0 spiro atoms. The van der Waals surface area contributed by atoms with E-state index in [-0.39, 0.29) is 30.1 Å². The molecule has 0 aliphatic heterocycles. The van der Waals surface area contributed by atoms with Crippen LogP contribution in [0.15, 0.2) is 15.8 Å². The number of hydrogen-bond donors (Lipinski definition) is 1. The number of amides is 1. The normalized spacial score (nSPS) is 18.8. The van der Waals surface area contributed by atoms with E-state index in [1.165, 1.54) is 30.0 Å². The van der Waals surface area contributed by atoms with Crippen molar-refractivity contribution in [2.45, 2.75) is 76.4 Å². The minimum absolute atomic E-state index is 0.0418. The molecule has 0 saturated heterocycles. The quantitative estimate of drug-likeness (QED) is 0.894. The van der Waals surface area contributed by atoms with Crippen molar-refractivity contribution in [3.63, 3.8) is 0 Å². The summed E-state index contributed by atoms with van der Waals surface area (Å²) in [7, 11) is 0. The van der Waals surface area contributed by atoms with Crippen LogP contribution in [0.5, 0.6) is 0 Å². The Morgan fingerprint density at radius 2 is 1.76 bits per heavy atom. The van der Waals surface area contributed by atoms with Gasteiger partial charge in [0.25, 0.3) is 5.56 Å². The summed E-state index contributed by atoms with van der Waals surface area (Å²) in [4.78, 5) is 37.2. The third-order valence-electron chi connectivity index (χ3n) is 5.03. The number of hydrogen-bond acceptors (Lipinski definition) is 4. The summed E-state index contributed by atoms with van der Waals surface area (Å²) in [5.41, 5.74) is -1.28. The number of rotatable bonds is 4. The highest BCUT2D eigenvalue weighted by atomic mass is 16.2. The Morgan fingerprint density at radius 1 is 1.12 bits per heavy atom. The van der Waals surface area contributed by atoms with Crippen molar-refractivity contribution in [1.29, 1.82) is 5.26 Å². The number of nitrogens with zero attached hydrogens (tertiary/aromatic N) is 3. The number of carbonyl (C=O) groups is 1. The maximum absolute atomic E-state index is 12.5. The highest BCUT2D eigenvalue weighted by Crippen LogP contribution is 2.33. The second-order valence-electron chi connectivity index (χ2n) is 7.08. The van der Waals surface area contributed by atoms with Gasteiger partial charge in [0.05, 0.1) is 0 Å². The summed E-state index contributed by atoms with van der Waals surface area (Å²) < 4.78 is 2.32. The van der Waals surface area contributed by atoms with Gasteiger partial charge < -0.3 is 5.32 Å². The van der Waals surface area contributed by atoms with Gasteiger partial charge in [0.2, 0.25) is 5.91 Å². The van der Waals surface area contributed by atoms with Crippen molar-refractivity contribution in [3.8, 4) is 6.07 Å². The highest BCUT2D eigenvalue weighted by Gasteiger charge is 2.27. The van der Waals surface area contributed by atoms with Crippen LogP contribution in [0.1, 0.15) is 69.4 Å². The summed E-state index contributed by atoms with van der Waals surface area (Å²) in [6, 6.07) is 1.98. The lowest BCUT2D eigenvalue weighted by atomic mass is 9.97. The van der Waals surface area contributed by atoms with Crippen LogP contribution < -0.4 is 16.6 Å². The number of aromatic nitrogens is 2. The third kappa shape index (κ3) is 4.19. The Hall–Kier alpha value is -2.36. The molecule has 0 atom stereocenters. The minimum atomic E-state index is -0.683. The van der Waals surface area contributed by atoms with Crippen LogP contribution in [0.4, 0.5) is 0 Å². The molecule has 0 aromatic carbocycles. The molecule has 2 aliphatic carbocycles. The average molecular weight is 344 g/mol. The van der Waals surface area contributed by atoms with E-state index >= 15 is 0 Å². The Labute approximate surface area is 146 Å². The first kappa shape index (κ1) is 17.5. The number of carbonyl (C=O) groups excluding carboxylic acids is 1. The Balaban J connectivity index is 1.76. The van der Waals surface area contributed by atoms with Crippen LogP contribution in [-0.4, -0.2) is 21.1 Å². The molecule has 7 nitrogen and oxygen atoms in total. The molecule has 25 heavy (non-hydrogen) atoms. The number of nitriles is 1. The average Bonchev–Trinajstić information content (AvgIpc) is 3.39. The highest BCUT2D eigenvalue weighted by molar-refractivity contribution is 5.76. The Morgan fingerprint density at radius 3 is 2.36 bits per heavy atom. The maximum Gasteiger partial charge on any atom is 0.331 e. The zero-order valence-electron chi connectivity index (χ0n) is 14.4. The standard InChI is InChI=1S/C18H24N4O3/c19-10-13-11-21(15-8-9-15)18(25)22(17(13)24)12-16(23)20-14-6-4-2-1-3-5-7-14/h11,14-15H,1-9,12H2,(H,20,23). The van der Waals surface area contributed by atoms with E-state index in [0.29, 0.717) is 0 Å². The molecule has 1 aromatic heterocycles. The van der Waals surface area contributed by atoms with Crippen molar-refractivity contribution in [1.82, 2.24) is 14.5 Å². The van der Waals surface area contributed by atoms with Crippen LogP contribution >= 0.6 is 0 Å². The molecule has 2 aliphatic rings. The summed E-state index contributed by atoms with van der Waals surface area (Å²) in [6.45, 7) is -0.323. The van der Waals surface area contributed by atoms with Crippen LogP contribution in [0.2, 0.25) is 0 Å². The van der Waals surface area contributed by atoms with Gasteiger partial charge in [-0.05, 0) is 25.7 Å². The largest absolute Gasteiger partial charge is 0.352 e. The zero-order chi connectivity index (χ0) is 17.8. The molecule has 1 N–H and O–H groups in total. The van der Waals surface area contributed by atoms with Gasteiger partial charge in [0, 0.05) is 18.3 Å². The van der Waals surface area contributed by atoms with Crippen molar-refractivity contribution in [3.05, 3.63) is 32.6 Å². The monoisotopic (exact) mass is 344 g/mol. The van der Waals surface area contributed by atoms with Gasteiger partial charge >= 0.3 is 5.69 Å². The molecule has 0 unspecified atom stereocenters. The lowest BCUT2D eigenvalue weighted by Crippen LogP contribution is -2.46. The molecule has 2 fully saturated rings. The van der Waals surface area contributed by atoms with Crippen molar-refractivity contribution in [2.75, 3.05) is 0 Å². The molecule has 1 heterocycles. The molecule has 3 rings (SSSR count). The fourth-order valence-corrected chi connectivity index (χ4v) is 3.47. The van der Waals surface area contributed by atoms with E-state index in [1.807, 2.05) is 6.07 Å². The van der Waals surface area contributed by atoms with E-state index in [1.54, 1.807) is 0 Å². The second-order valence-corrected chi connectivity index (χ2v) is 7.08. The summed E-state index contributed by atoms with van der Waals surface area (Å²) in [5.74, 6) is -0.331. The molecule has 0 bridgehead atoms.